The maximum absolute atomic E-state index is 12.3. The van der Waals surface area contributed by atoms with Crippen LogP contribution in [0, 0.1) is 21.8 Å². The maximum Gasteiger partial charge on any atom is 0.254 e. The molecule has 88 valence electrons. The van der Waals surface area contributed by atoms with Crippen molar-refractivity contribution < 1.29 is 4.79 Å². The number of amides is 1. The number of benzene rings is 1. The van der Waals surface area contributed by atoms with Crippen LogP contribution >= 0.6 is 22.6 Å². The number of terminal acetylenes is 1. The molecule has 3 heteroatoms. The molecule has 1 aromatic rings. The van der Waals surface area contributed by atoms with Gasteiger partial charge in [0.1, 0.15) is 0 Å². The molecule has 1 aliphatic carbocycles. The molecule has 1 aliphatic rings. The highest BCUT2D eigenvalue weighted by molar-refractivity contribution is 14.1. The van der Waals surface area contributed by atoms with Gasteiger partial charge in [0.15, 0.2) is 0 Å². The van der Waals surface area contributed by atoms with Crippen molar-refractivity contribution in [3.05, 3.63) is 33.4 Å². The summed E-state index contributed by atoms with van der Waals surface area (Å²) >= 11 is 2.21. The predicted octanol–water partition coefficient (Wildman–Crippen LogP) is 2.78. The fourth-order valence-electron chi connectivity index (χ4n) is 1.75. The number of rotatable bonds is 4. The molecule has 0 unspecified atom stereocenters. The van der Waals surface area contributed by atoms with E-state index in [1.807, 2.05) is 24.3 Å². The van der Waals surface area contributed by atoms with E-state index in [2.05, 4.69) is 28.5 Å². The fourth-order valence-corrected chi connectivity index (χ4v) is 2.29. The van der Waals surface area contributed by atoms with Gasteiger partial charge in [0.05, 0.1) is 6.54 Å². The molecule has 0 bridgehead atoms. The number of hydrogen-bond acceptors (Lipinski definition) is 1. The van der Waals surface area contributed by atoms with Gasteiger partial charge in [-0.05, 0) is 59.5 Å². The Morgan fingerprint density at radius 3 is 2.88 bits per heavy atom. The first-order chi connectivity index (χ1) is 8.20. The summed E-state index contributed by atoms with van der Waals surface area (Å²) in [5.74, 6) is 3.28. The Balaban J connectivity index is 2.12. The molecule has 0 saturated heterocycles. The van der Waals surface area contributed by atoms with Crippen LogP contribution in [0.1, 0.15) is 23.2 Å². The molecular weight excluding hydrogens is 325 g/mol. The van der Waals surface area contributed by atoms with Gasteiger partial charge in [-0.2, -0.15) is 0 Å². The van der Waals surface area contributed by atoms with Crippen molar-refractivity contribution in [1.29, 1.82) is 0 Å². The highest BCUT2D eigenvalue weighted by Gasteiger charge is 2.26. The molecular formula is C14H14INO. The number of hydrogen-bond donors (Lipinski definition) is 0. The third kappa shape index (κ3) is 3.47. The number of halogens is 1. The van der Waals surface area contributed by atoms with Crippen molar-refractivity contribution in [2.24, 2.45) is 5.92 Å². The Labute approximate surface area is 116 Å². The molecule has 0 spiro atoms. The fraction of sp³-hybridized carbons (Fsp3) is 0.357. The summed E-state index contributed by atoms with van der Waals surface area (Å²) in [7, 11) is 0. The van der Waals surface area contributed by atoms with E-state index in [1.165, 1.54) is 12.8 Å². The molecule has 1 amide bonds. The second-order valence-electron chi connectivity index (χ2n) is 4.34. The van der Waals surface area contributed by atoms with Crippen LogP contribution in [0.5, 0.6) is 0 Å². The zero-order chi connectivity index (χ0) is 12.3. The first-order valence-corrected chi connectivity index (χ1v) is 6.77. The van der Waals surface area contributed by atoms with Gasteiger partial charge >= 0.3 is 0 Å². The zero-order valence-corrected chi connectivity index (χ0v) is 11.7. The summed E-state index contributed by atoms with van der Waals surface area (Å²) in [6.45, 7) is 1.20. The standard InChI is InChI=1S/C14H14INO/c1-2-8-16(10-11-6-7-11)14(17)12-4-3-5-13(15)9-12/h1,3-5,9,11H,6-8,10H2. The van der Waals surface area contributed by atoms with E-state index < -0.39 is 0 Å². The van der Waals surface area contributed by atoms with Crippen LogP contribution in [0.3, 0.4) is 0 Å². The van der Waals surface area contributed by atoms with Gasteiger partial charge in [0.25, 0.3) is 5.91 Å². The number of carbonyl (C=O) groups excluding carboxylic acids is 1. The zero-order valence-electron chi connectivity index (χ0n) is 9.53. The molecule has 0 aromatic heterocycles. The summed E-state index contributed by atoms with van der Waals surface area (Å²) in [6.07, 6.45) is 7.77. The molecule has 0 atom stereocenters. The van der Waals surface area contributed by atoms with Crippen LogP contribution < -0.4 is 0 Å². The highest BCUT2D eigenvalue weighted by Crippen LogP contribution is 2.30. The summed E-state index contributed by atoms with van der Waals surface area (Å²) in [5.41, 5.74) is 0.729. The van der Waals surface area contributed by atoms with Crippen LogP contribution in [-0.4, -0.2) is 23.9 Å². The first-order valence-electron chi connectivity index (χ1n) is 5.69. The number of carbonyl (C=O) groups is 1. The highest BCUT2D eigenvalue weighted by atomic mass is 127. The lowest BCUT2D eigenvalue weighted by atomic mass is 10.2. The van der Waals surface area contributed by atoms with Crippen molar-refractivity contribution >= 4 is 28.5 Å². The Bertz CT molecular complexity index is 460. The second kappa shape index (κ2) is 5.54. The molecule has 0 heterocycles. The van der Waals surface area contributed by atoms with Crippen LogP contribution in [0.2, 0.25) is 0 Å². The van der Waals surface area contributed by atoms with Crippen LogP contribution in [-0.2, 0) is 0 Å². The van der Waals surface area contributed by atoms with Gasteiger partial charge in [-0.25, -0.2) is 0 Å². The van der Waals surface area contributed by atoms with Crippen LogP contribution in [0.15, 0.2) is 24.3 Å². The Morgan fingerprint density at radius 1 is 1.53 bits per heavy atom. The minimum Gasteiger partial charge on any atom is -0.327 e. The lowest BCUT2D eigenvalue weighted by Crippen LogP contribution is -2.33. The van der Waals surface area contributed by atoms with E-state index in [-0.39, 0.29) is 5.91 Å². The van der Waals surface area contributed by atoms with Gasteiger partial charge in [0, 0.05) is 15.7 Å². The topological polar surface area (TPSA) is 20.3 Å². The lowest BCUT2D eigenvalue weighted by Gasteiger charge is -2.20. The van der Waals surface area contributed by atoms with E-state index in [1.54, 1.807) is 4.90 Å². The second-order valence-corrected chi connectivity index (χ2v) is 5.59. The molecule has 1 fully saturated rings. The van der Waals surface area contributed by atoms with Crippen molar-refractivity contribution in [2.45, 2.75) is 12.8 Å². The van der Waals surface area contributed by atoms with Crippen LogP contribution in [0.4, 0.5) is 0 Å². The van der Waals surface area contributed by atoms with Gasteiger partial charge in [0.2, 0.25) is 0 Å². The summed E-state index contributed by atoms with van der Waals surface area (Å²) < 4.78 is 1.07. The third-order valence-electron chi connectivity index (χ3n) is 2.82. The summed E-state index contributed by atoms with van der Waals surface area (Å²) in [6, 6.07) is 7.63. The molecule has 2 nitrogen and oxygen atoms in total. The predicted molar refractivity (Wildman–Crippen MR) is 76.6 cm³/mol. The van der Waals surface area contributed by atoms with Crippen LogP contribution in [0.25, 0.3) is 0 Å². The SMILES string of the molecule is C#CCN(CC1CC1)C(=O)c1cccc(I)c1. The first kappa shape index (κ1) is 12.4. The smallest absolute Gasteiger partial charge is 0.254 e. The largest absolute Gasteiger partial charge is 0.327 e. The van der Waals surface area contributed by atoms with E-state index in [9.17, 15) is 4.79 Å². The third-order valence-corrected chi connectivity index (χ3v) is 3.49. The molecule has 1 saturated carbocycles. The van der Waals surface area contributed by atoms with Crippen molar-refractivity contribution in [2.75, 3.05) is 13.1 Å². The lowest BCUT2D eigenvalue weighted by molar-refractivity contribution is 0.0769. The van der Waals surface area contributed by atoms with E-state index >= 15 is 0 Å². The van der Waals surface area contributed by atoms with Gasteiger partial charge < -0.3 is 4.90 Å². The van der Waals surface area contributed by atoms with Crippen molar-refractivity contribution in [3.8, 4) is 12.3 Å². The van der Waals surface area contributed by atoms with E-state index in [0.717, 1.165) is 15.7 Å². The van der Waals surface area contributed by atoms with Crippen molar-refractivity contribution in [3.63, 3.8) is 0 Å². The Kier molecular flexibility index (Phi) is 4.06. The molecule has 2 rings (SSSR count). The monoisotopic (exact) mass is 339 g/mol. The average molecular weight is 339 g/mol. The number of nitrogens with zero attached hydrogens (tertiary/aromatic N) is 1. The average Bonchev–Trinajstić information content (AvgIpc) is 3.11. The van der Waals surface area contributed by atoms with Gasteiger partial charge in [-0.1, -0.05) is 12.0 Å². The Hall–Kier alpha value is -1.02. The minimum atomic E-state index is 0.0494. The summed E-state index contributed by atoms with van der Waals surface area (Å²) in [5, 5.41) is 0. The Morgan fingerprint density at radius 2 is 2.29 bits per heavy atom. The molecule has 0 radical (unpaired) electrons. The van der Waals surface area contributed by atoms with E-state index in [0.29, 0.717) is 12.5 Å². The van der Waals surface area contributed by atoms with Gasteiger partial charge in [-0.15, -0.1) is 6.42 Å². The molecule has 17 heavy (non-hydrogen) atoms. The minimum absolute atomic E-state index is 0.0494. The van der Waals surface area contributed by atoms with E-state index in [4.69, 9.17) is 6.42 Å². The molecule has 0 N–H and O–H groups in total. The normalized spacial score (nSPS) is 14.1. The maximum atomic E-state index is 12.3. The quantitative estimate of drug-likeness (QED) is 0.610. The van der Waals surface area contributed by atoms with Gasteiger partial charge in [-0.3, -0.25) is 4.79 Å². The molecule has 1 aromatic carbocycles. The molecule has 0 aliphatic heterocycles. The summed E-state index contributed by atoms with van der Waals surface area (Å²) in [4.78, 5) is 14.1. The van der Waals surface area contributed by atoms with Crippen molar-refractivity contribution in [1.82, 2.24) is 4.90 Å².